The first-order valence-corrected chi connectivity index (χ1v) is 4.84. The molecule has 0 aliphatic rings. The van der Waals surface area contributed by atoms with Crippen LogP contribution in [0.25, 0.3) is 0 Å². The number of phenols is 1. The zero-order valence-corrected chi connectivity index (χ0v) is 9.12. The van der Waals surface area contributed by atoms with Gasteiger partial charge in [-0.1, -0.05) is 0 Å². The molecule has 0 amide bonds. The molecule has 1 rings (SSSR count). The number of aliphatic hydroxyl groups excluding tert-OH is 1. The molecule has 0 bridgehead atoms. The molecule has 2 unspecified atom stereocenters. The van der Waals surface area contributed by atoms with E-state index in [0.29, 0.717) is 0 Å². The number of hydrogen-bond acceptors (Lipinski definition) is 3. The maximum absolute atomic E-state index is 13.1. The highest BCUT2D eigenvalue weighted by molar-refractivity contribution is 9.10. The van der Waals surface area contributed by atoms with Gasteiger partial charge in [0.25, 0.3) is 0 Å². The lowest BCUT2D eigenvalue weighted by Crippen LogP contribution is -2.24. The second-order valence-electron chi connectivity index (χ2n) is 3.13. The van der Waals surface area contributed by atoms with Crippen LogP contribution in [-0.2, 0) is 0 Å². The van der Waals surface area contributed by atoms with Crippen molar-refractivity contribution in [1.29, 1.82) is 0 Å². The molecule has 0 aromatic heterocycles. The molecule has 3 nitrogen and oxygen atoms in total. The Hall–Kier alpha value is -0.650. The number of nitrogens with two attached hydrogens (primary N) is 1. The molecule has 0 saturated heterocycles. The lowest BCUT2D eigenvalue weighted by Gasteiger charge is -2.16. The monoisotopic (exact) mass is 263 g/mol. The summed E-state index contributed by atoms with van der Waals surface area (Å²) in [6, 6.07) is 1.69. The van der Waals surface area contributed by atoms with Crippen LogP contribution in [0, 0.1) is 5.82 Å². The molecule has 0 heterocycles. The molecule has 0 spiro atoms. The summed E-state index contributed by atoms with van der Waals surface area (Å²) < 4.78 is 13.2. The van der Waals surface area contributed by atoms with Crippen LogP contribution in [0.15, 0.2) is 16.6 Å². The van der Waals surface area contributed by atoms with E-state index in [2.05, 4.69) is 15.9 Å². The summed E-state index contributed by atoms with van der Waals surface area (Å²) in [5, 5.41) is 18.9. The molecule has 0 aliphatic carbocycles. The second-order valence-corrected chi connectivity index (χ2v) is 3.98. The van der Waals surface area contributed by atoms with Crippen molar-refractivity contribution in [1.82, 2.24) is 0 Å². The van der Waals surface area contributed by atoms with Crippen LogP contribution in [-0.4, -0.2) is 16.3 Å². The van der Waals surface area contributed by atoms with Crippen LogP contribution in [0.3, 0.4) is 0 Å². The summed E-state index contributed by atoms with van der Waals surface area (Å²) in [5.74, 6) is -0.722. The minimum atomic E-state index is -1.07. The number of phenolic OH excluding ortho intramolecular Hbond substituents is 1. The predicted molar refractivity (Wildman–Crippen MR) is 54.4 cm³/mol. The SMILES string of the molecule is CC(N)C(O)c1cc(F)c(Br)cc1O. The third kappa shape index (κ3) is 2.23. The molecule has 4 N–H and O–H groups in total. The quantitative estimate of drug-likeness (QED) is 0.761. The van der Waals surface area contributed by atoms with E-state index < -0.39 is 18.0 Å². The van der Waals surface area contributed by atoms with Crippen molar-refractivity contribution in [3.05, 3.63) is 28.0 Å². The van der Waals surface area contributed by atoms with Crippen LogP contribution < -0.4 is 5.73 Å². The van der Waals surface area contributed by atoms with Gasteiger partial charge >= 0.3 is 0 Å². The molecule has 0 aliphatic heterocycles. The lowest BCUT2D eigenvalue weighted by atomic mass is 10.0. The molecule has 0 saturated carbocycles. The normalized spacial score (nSPS) is 15.2. The third-order valence-electron chi connectivity index (χ3n) is 1.89. The number of benzene rings is 1. The van der Waals surface area contributed by atoms with Gasteiger partial charge in [0, 0.05) is 11.6 Å². The summed E-state index contributed by atoms with van der Waals surface area (Å²) >= 11 is 2.92. The molecular weight excluding hydrogens is 253 g/mol. The zero-order valence-electron chi connectivity index (χ0n) is 7.54. The Morgan fingerprint density at radius 1 is 1.50 bits per heavy atom. The van der Waals surface area contributed by atoms with Crippen molar-refractivity contribution < 1.29 is 14.6 Å². The smallest absolute Gasteiger partial charge is 0.138 e. The van der Waals surface area contributed by atoms with E-state index in [0.717, 1.165) is 6.07 Å². The molecule has 5 heteroatoms. The summed E-state index contributed by atoms with van der Waals surface area (Å²) in [6.07, 6.45) is -1.07. The van der Waals surface area contributed by atoms with Crippen LogP contribution >= 0.6 is 15.9 Å². The number of hydrogen-bond donors (Lipinski definition) is 3. The average Bonchev–Trinajstić information content (AvgIpc) is 2.10. The third-order valence-corrected chi connectivity index (χ3v) is 2.49. The van der Waals surface area contributed by atoms with Gasteiger partial charge in [-0.25, -0.2) is 4.39 Å². The number of halogens is 2. The van der Waals surface area contributed by atoms with Crippen LogP contribution in [0.2, 0.25) is 0 Å². The topological polar surface area (TPSA) is 66.5 Å². The summed E-state index contributed by atoms with van der Waals surface area (Å²) in [7, 11) is 0. The van der Waals surface area contributed by atoms with Gasteiger partial charge in [-0.2, -0.15) is 0 Å². The predicted octanol–water partition coefficient (Wildman–Crippen LogP) is 1.67. The van der Waals surface area contributed by atoms with Crippen molar-refractivity contribution in [3.63, 3.8) is 0 Å². The van der Waals surface area contributed by atoms with Crippen molar-refractivity contribution in [2.24, 2.45) is 5.73 Å². The fourth-order valence-electron chi connectivity index (χ4n) is 1.07. The first kappa shape index (κ1) is 11.4. The summed E-state index contributed by atoms with van der Waals surface area (Å²) in [5.41, 5.74) is 5.53. The van der Waals surface area contributed by atoms with Gasteiger partial charge in [-0.05, 0) is 35.0 Å². The van der Waals surface area contributed by atoms with Gasteiger partial charge in [0.05, 0.1) is 10.6 Å². The van der Waals surface area contributed by atoms with Crippen molar-refractivity contribution in [3.8, 4) is 5.75 Å². The lowest BCUT2D eigenvalue weighted by molar-refractivity contribution is 0.149. The highest BCUT2D eigenvalue weighted by Crippen LogP contribution is 2.30. The Kier molecular flexibility index (Phi) is 3.47. The zero-order chi connectivity index (χ0) is 10.9. The minimum Gasteiger partial charge on any atom is -0.508 e. The van der Waals surface area contributed by atoms with Crippen LogP contribution in [0.1, 0.15) is 18.6 Å². The maximum atomic E-state index is 13.1. The van der Waals surface area contributed by atoms with Gasteiger partial charge in [-0.15, -0.1) is 0 Å². The molecular formula is C9H11BrFNO2. The first-order chi connectivity index (χ1) is 6.43. The van der Waals surface area contributed by atoms with E-state index in [9.17, 15) is 14.6 Å². The second kappa shape index (κ2) is 4.25. The van der Waals surface area contributed by atoms with E-state index >= 15 is 0 Å². The number of aliphatic hydroxyl groups is 1. The number of rotatable bonds is 2. The van der Waals surface area contributed by atoms with Crippen LogP contribution in [0.5, 0.6) is 5.75 Å². The Bertz CT molecular complexity index is 344. The Labute approximate surface area is 89.5 Å². The summed E-state index contributed by atoms with van der Waals surface area (Å²) in [4.78, 5) is 0. The van der Waals surface area contributed by atoms with Gasteiger partial charge in [0.1, 0.15) is 11.6 Å². The molecule has 78 valence electrons. The number of aromatic hydroxyl groups is 1. The van der Waals surface area contributed by atoms with Crippen molar-refractivity contribution >= 4 is 15.9 Å². The van der Waals surface area contributed by atoms with Gasteiger partial charge in [0.15, 0.2) is 0 Å². The van der Waals surface area contributed by atoms with Crippen molar-refractivity contribution in [2.45, 2.75) is 19.1 Å². The van der Waals surface area contributed by atoms with Crippen molar-refractivity contribution in [2.75, 3.05) is 0 Å². The first-order valence-electron chi connectivity index (χ1n) is 4.05. The standard InChI is InChI=1S/C9H11BrFNO2/c1-4(12)9(14)5-2-7(11)6(10)3-8(5)13/h2-4,9,13-14H,12H2,1H3. The molecule has 2 atom stereocenters. The van der Waals surface area contributed by atoms with Gasteiger partial charge in [0.2, 0.25) is 0 Å². The fourth-order valence-corrected chi connectivity index (χ4v) is 1.40. The molecule has 1 aromatic carbocycles. The van der Waals surface area contributed by atoms with E-state index in [1.165, 1.54) is 6.07 Å². The van der Waals surface area contributed by atoms with E-state index in [4.69, 9.17) is 5.73 Å². The molecule has 14 heavy (non-hydrogen) atoms. The van der Waals surface area contributed by atoms with E-state index in [1.807, 2.05) is 0 Å². The summed E-state index contributed by atoms with van der Waals surface area (Å²) in [6.45, 7) is 1.57. The molecule has 0 fully saturated rings. The van der Waals surface area contributed by atoms with Gasteiger partial charge < -0.3 is 15.9 Å². The fraction of sp³-hybridized carbons (Fsp3) is 0.333. The largest absolute Gasteiger partial charge is 0.508 e. The Morgan fingerprint density at radius 2 is 2.07 bits per heavy atom. The van der Waals surface area contributed by atoms with E-state index in [-0.39, 0.29) is 15.8 Å². The van der Waals surface area contributed by atoms with E-state index in [1.54, 1.807) is 6.92 Å². The Morgan fingerprint density at radius 3 is 2.57 bits per heavy atom. The average molecular weight is 264 g/mol. The minimum absolute atomic E-state index is 0.0979. The van der Waals surface area contributed by atoms with Crippen LogP contribution in [0.4, 0.5) is 4.39 Å². The maximum Gasteiger partial charge on any atom is 0.138 e. The Balaban J connectivity index is 3.15. The van der Waals surface area contributed by atoms with Gasteiger partial charge in [-0.3, -0.25) is 0 Å². The highest BCUT2D eigenvalue weighted by Gasteiger charge is 2.18. The molecule has 1 aromatic rings. The highest BCUT2D eigenvalue weighted by atomic mass is 79.9. The molecule has 0 radical (unpaired) electrons.